The fraction of sp³-hybridized carbons (Fsp3) is 0.300. The molecule has 2 heterocycles. The van der Waals surface area contributed by atoms with E-state index in [1.165, 1.54) is 6.07 Å². The van der Waals surface area contributed by atoms with Crippen LogP contribution in [0.3, 0.4) is 0 Å². The van der Waals surface area contributed by atoms with Gasteiger partial charge in [0.15, 0.2) is 5.82 Å². The van der Waals surface area contributed by atoms with Crippen LogP contribution in [-0.4, -0.2) is 20.4 Å². The monoisotopic (exact) mass is 378 g/mol. The van der Waals surface area contributed by atoms with E-state index in [-0.39, 0.29) is 23.1 Å². The van der Waals surface area contributed by atoms with E-state index < -0.39 is 5.82 Å². The molecular weight excluding hydrogens is 359 g/mol. The average Bonchev–Trinajstić information content (AvgIpc) is 3.47. The van der Waals surface area contributed by atoms with Crippen LogP contribution in [0.1, 0.15) is 30.9 Å². The van der Waals surface area contributed by atoms with E-state index in [1.54, 1.807) is 18.5 Å². The molecule has 1 fully saturated rings. The van der Waals surface area contributed by atoms with Crippen LogP contribution in [0.5, 0.6) is 0 Å². The summed E-state index contributed by atoms with van der Waals surface area (Å²) in [6.07, 6.45) is 3.95. The number of fused-ring (bicyclic) bond motifs is 1. The second-order valence-electron chi connectivity index (χ2n) is 6.93. The molecule has 1 aliphatic carbocycles. The number of hydrogen-bond donors (Lipinski definition) is 2. The fourth-order valence-electron chi connectivity index (χ4n) is 3.12. The maximum atomic E-state index is 14.6. The first-order chi connectivity index (χ1) is 13.5. The first-order valence-corrected chi connectivity index (χ1v) is 9.12. The van der Waals surface area contributed by atoms with E-state index in [4.69, 9.17) is 5.26 Å². The topological polar surface area (TPSA) is 95.6 Å². The third-order valence-electron chi connectivity index (χ3n) is 4.84. The normalized spacial score (nSPS) is 13.4. The standard InChI is InChI=1S/C20H19FN6O/c1-3-12-6-11(9-22)7-14(21)17(12)24-16-8-15-18(23-10-27(15)2)19(25-16)26-20(28)13-4-5-13/h6-8,10,13H,3-5H2,1-2H3,(H2,24,25,26,28). The summed E-state index contributed by atoms with van der Waals surface area (Å²) in [7, 11) is 1.84. The van der Waals surface area contributed by atoms with Crippen LogP contribution < -0.4 is 10.6 Å². The Bertz CT molecular complexity index is 1130. The highest BCUT2D eigenvalue weighted by molar-refractivity contribution is 6.00. The van der Waals surface area contributed by atoms with Crippen LogP contribution in [0.4, 0.5) is 21.7 Å². The minimum absolute atomic E-state index is 0.0276. The predicted octanol–water partition coefficient (Wildman–Crippen LogP) is 3.63. The molecule has 1 saturated carbocycles. The molecule has 0 spiro atoms. The van der Waals surface area contributed by atoms with E-state index in [0.717, 1.165) is 18.4 Å². The lowest BCUT2D eigenvalue weighted by Crippen LogP contribution is -2.15. The molecule has 0 radical (unpaired) electrons. The quantitative estimate of drug-likeness (QED) is 0.707. The van der Waals surface area contributed by atoms with Crippen LogP contribution in [0, 0.1) is 23.1 Å². The Morgan fingerprint density at radius 1 is 1.39 bits per heavy atom. The minimum atomic E-state index is -0.522. The van der Waals surface area contributed by atoms with Crippen molar-refractivity contribution in [2.45, 2.75) is 26.2 Å². The van der Waals surface area contributed by atoms with Gasteiger partial charge in [-0.15, -0.1) is 0 Å². The van der Waals surface area contributed by atoms with E-state index >= 15 is 0 Å². The number of benzene rings is 1. The second-order valence-corrected chi connectivity index (χ2v) is 6.93. The molecule has 0 unspecified atom stereocenters. The Labute approximate surface area is 161 Å². The Hall–Kier alpha value is -3.47. The molecular formula is C20H19FN6O. The van der Waals surface area contributed by atoms with Crippen molar-refractivity contribution in [2.75, 3.05) is 10.6 Å². The number of hydrogen-bond acceptors (Lipinski definition) is 5. The molecule has 28 heavy (non-hydrogen) atoms. The largest absolute Gasteiger partial charge is 0.337 e. The molecule has 0 saturated heterocycles. The number of anilines is 3. The number of rotatable bonds is 5. The number of nitrogens with zero attached hydrogens (tertiary/aromatic N) is 4. The third kappa shape index (κ3) is 3.27. The molecule has 0 aliphatic heterocycles. The van der Waals surface area contributed by atoms with Gasteiger partial charge in [-0.05, 0) is 37.0 Å². The van der Waals surface area contributed by atoms with Gasteiger partial charge < -0.3 is 15.2 Å². The van der Waals surface area contributed by atoms with Crippen LogP contribution >= 0.6 is 0 Å². The molecule has 4 rings (SSSR count). The maximum absolute atomic E-state index is 14.6. The van der Waals surface area contributed by atoms with E-state index in [1.807, 2.05) is 24.6 Å². The minimum Gasteiger partial charge on any atom is -0.337 e. The van der Waals surface area contributed by atoms with Gasteiger partial charge in [-0.2, -0.15) is 5.26 Å². The average molecular weight is 378 g/mol. The Balaban J connectivity index is 1.76. The SMILES string of the molecule is CCc1cc(C#N)cc(F)c1Nc1cc2c(ncn2C)c(NC(=O)C2CC2)n1. The van der Waals surface area contributed by atoms with Crippen molar-refractivity contribution in [3.05, 3.63) is 41.5 Å². The fourth-order valence-corrected chi connectivity index (χ4v) is 3.12. The van der Waals surface area contributed by atoms with Crippen molar-refractivity contribution in [3.8, 4) is 6.07 Å². The van der Waals surface area contributed by atoms with Gasteiger partial charge in [0.05, 0.1) is 29.2 Å². The molecule has 7 nitrogen and oxygen atoms in total. The summed E-state index contributed by atoms with van der Waals surface area (Å²) in [5, 5.41) is 14.9. The van der Waals surface area contributed by atoms with Gasteiger partial charge in [-0.1, -0.05) is 6.92 Å². The summed E-state index contributed by atoms with van der Waals surface area (Å²) in [5.74, 6) is 0.173. The van der Waals surface area contributed by atoms with Crippen molar-refractivity contribution in [1.82, 2.24) is 14.5 Å². The number of aryl methyl sites for hydroxylation is 2. The number of pyridine rings is 1. The van der Waals surface area contributed by atoms with Crippen LogP contribution in [0.25, 0.3) is 11.0 Å². The lowest BCUT2D eigenvalue weighted by Gasteiger charge is -2.14. The first kappa shape index (κ1) is 17.9. The Kier molecular flexibility index (Phi) is 4.43. The number of nitriles is 1. The summed E-state index contributed by atoms with van der Waals surface area (Å²) >= 11 is 0. The van der Waals surface area contributed by atoms with Gasteiger partial charge >= 0.3 is 0 Å². The molecule has 0 atom stereocenters. The summed E-state index contributed by atoms with van der Waals surface area (Å²) in [6, 6.07) is 6.57. The molecule has 1 aliphatic rings. The Morgan fingerprint density at radius 3 is 2.86 bits per heavy atom. The lowest BCUT2D eigenvalue weighted by atomic mass is 10.1. The summed E-state index contributed by atoms with van der Waals surface area (Å²) in [5.41, 5.74) is 2.56. The zero-order valence-corrected chi connectivity index (χ0v) is 15.6. The van der Waals surface area contributed by atoms with Crippen LogP contribution in [0.2, 0.25) is 0 Å². The van der Waals surface area contributed by atoms with Gasteiger partial charge in [0.1, 0.15) is 17.2 Å². The highest BCUT2D eigenvalue weighted by Crippen LogP contribution is 2.32. The molecule has 2 aromatic heterocycles. The number of aromatic nitrogens is 3. The highest BCUT2D eigenvalue weighted by Gasteiger charge is 2.30. The van der Waals surface area contributed by atoms with E-state index in [9.17, 15) is 9.18 Å². The molecule has 8 heteroatoms. The lowest BCUT2D eigenvalue weighted by molar-refractivity contribution is -0.117. The van der Waals surface area contributed by atoms with Crippen molar-refractivity contribution in [3.63, 3.8) is 0 Å². The van der Waals surface area contributed by atoms with Crippen LogP contribution in [-0.2, 0) is 18.3 Å². The zero-order chi connectivity index (χ0) is 19.8. The van der Waals surface area contributed by atoms with E-state index in [0.29, 0.717) is 29.1 Å². The number of amides is 1. The number of nitrogens with one attached hydrogen (secondary N) is 2. The van der Waals surface area contributed by atoms with Crippen molar-refractivity contribution < 1.29 is 9.18 Å². The van der Waals surface area contributed by atoms with Gasteiger partial charge in [0, 0.05) is 19.0 Å². The molecule has 2 N–H and O–H groups in total. The van der Waals surface area contributed by atoms with Gasteiger partial charge in [0.25, 0.3) is 0 Å². The van der Waals surface area contributed by atoms with Gasteiger partial charge in [0.2, 0.25) is 5.91 Å². The zero-order valence-electron chi connectivity index (χ0n) is 15.6. The van der Waals surface area contributed by atoms with Gasteiger partial charge in [-0.3, -0.25) is 4.79 Å². The number of carbonyl (C=O) groups is 1. The summed E-state index contributed by atoms with van der Waals surface area (Å²) in [6.45, 7) is 1.89. The molecule has 0 bridgehead atoms. The summed E-state index contributed by atoms with van der Waals surface area (Å²) < 4.78 is 16.4. The smallest absolute Gasteiger partial charge is 0.228 e. The van der Waals surface area contributed by atoms with Gasteiger partial charge in [-0.25, -0.2) is 14.4 Å². The van der Waals surface area contributed by atoms with Crippen molar-refractivity contribution >= 4 is 34.3 Å². The Morgan fingerprint density at radius 2 is 2.18 bits per heavy atom. The highest BCUT2D eigenvalue weighted by atomic mass is 19.1. The van der Waals surface area contributed by atoms with Crippen molar-refractivity contribution in [2.24, 2.45) is 13.0 Å². The summed E-state index contributed by atoms with van der Waals surface area (Å²) in [4.78, 5) is 21.0. The molecule has 142 valence electrons. The number of carbonyl (C=O) groups excluding carboxylic acids is 1. The number of halogens is 1. The van der Waals surface area contributed by atoms with Crippen LogP contribution in [0.15, 0.2) is 24.5 Å². The second kappa shape index (κ2) is 6.93. The van der Waals surface area contributed by atoms with Crippen molar-refractivity contribution in [1.29, 1.82) is 5.26 Å². The third-order valence-corrected chi connectivity index (χ3v) is 4.84. The first-order valence-electron chi connectivity index (χ1n) is 9.12. The maximum Gasteiger partial charge on any atom is 0.228 e. The molecule has 1 amide bonds. The predicted molar refractivity (Wildman–Crippen MR) is 104 cm³/mol. The molecule has 3 aromatic rings. The molecule has 1 aromatic carbocycles. The number of imidazole rings is 1. The van der Waals surface area contributed by atoms with E-state index in [2.05, 4.69) is 20.6 Å².